The van der Waals surface area contributed by atoms with Crippen LogP contribution in [0.1, 0.15) is 28.8 Å². The second-order valence-electron chi connectivity index (χ2n) is 6.38. The third kappa shape index (κ3) is 4.21. The van der Waals surface area contributed by atoms with Crippen molar-refractivity contribution in [3.63, 3.8) is 0 Å². The lowest BCUT2D eigenvalue weighted by atomic mass is 10.1. The predicted molar refractivity (Wildman–Crippen MR) is 106 cm³/mol. The molecule has 0 saturated carbocycles. The van der Waals surface area contributed by atoms with Crippen LogP contribution in [0.15, 0.2) is 30.5 Å². The summed E-state index contributed by atoms with van der Waals surface area (Å²) in [6, 6.07) is 7.55. The predicted octanol–water partition coefficient (Wildman–Crippen LogP) is 4.46. The fourth-order valence-electron chi connectivity index (χ4n) is 2.84. The van der Waals surface area contributed by atoms with E-state index < -0.39 is 0 Å². The standard InChI is InChI=1S/C19H18ClN3O3S/c1-11-2-3-15-16(8-11)27-19(22-15)23-17(24)12-9-14(20)18(21-10-12)26-13-4-6-25-7-5-13/h2-3,8-10,13H,4-7H2,1H3,(H,22,23,24). The summed E-state index contributed by atoms with van der Waals surface area (Å²) in [6.45, 7) is 3.37. The molecular weight excluding hydrogens is 386 g/mol. The Hall–Kier alpha value is -2.22. The molecule has 3 aromatic rings. The molecule has 1 N–H and O–H groups in total. The molecule has 1 aliphatic heterocycles. The number of amides is 1. The molecule has 0 radical (unpaired) electrons. The van der Waals surface area contributed by atoms with Crippen molar-refractivity contribution < 1.29 is 14.3 Å². The van der Waals surface area contributed by atoms with Gasteiger partial charge in [0.05, 0.1) is 29.0 Å². The zero-order chi connectivity index (χ0) is 18.8. The fourth-order valence-corrected chi connectivity index (χ4v) is 4.01. The van der Waals surface area contributed by atoms with E-state index in [1.165, 1.54) is 17.5 Å². The van der Waals surface area contributed by atoms with Crippen LogP contribution in [0.4, 0.5) is 5.13 Å². The van der Waals surface area contributed by atoms with E-state index in [0.717, 1.165) is 28.6 Å². The quantitative estimate of drug-likeness (QED) is 0.696. The molecule has 1 fully saturated rings. The molecule has 0 spiro atoms. The lowest BCUT2D eigenvalue weighted by Crippen LogP contribution is -2.26. The van der Waals surface area contributed by atoms with Gasteiger partial charge in [0, 0.05) is 19.0 Å². The van der Waals surface area contributed by atoms with Gasteiger partial charge in [-0.05, 0) is 30.7 Å². The molecule has 6 nitrogen and oxygen atoms in total. The van der Waals surface area contributed by atoms with Gasteiger partial charge in [-0.1, -0.05) is 29.0 Å². The van der Waals surface area contributed by atoms with Crippen LogP contribution in [0.25, 0.3) is 10.2 Å². The summed E-state index contributed by atoms with van der Waals surface area (Å²) in [7, 11) is 0. The van der Waals surface area contributed by atoms with Crippen molar-refractivity contribution in [1.29, 1.82) is 0 Å². The van der Waals surface area contributed by atoms with Gasteiger partial charge in [0.15, 0.2) is 5.13 Å². The number of rotatable bonds is 4. The maximum absolute atomic E-state index is 12.5. The molecule has 27 heavy (non-hydrogen) atoms. The summed E-state index contributed by atoms with van der Waals surface area (Å²) < 4.78 is 12.2. The van der Waals surface area contributed by atoms with E-state index in [4.69, 9.17) is 21.1 Å². The monoisotopic (exact) mass is 403 g/mol. The molecule has 1 aliphatic rings. The summed E-state index contributed by atoms with van der Waals surface area (Å²) in [5, 5.41) is 3.66. The number of anilines is 1. The number of ether oxygens (including phenoxy) is 2. The number of benzene rings is 1. The Balaban J connectivity index is 1.46. The van der Waals surface area contributed by atoms with Gasteiger partial charge in [-0.2, -0.15) is 0 Å². The minimum atomic E-state index is -0.308. The Labute approximate surface area is 165 Å². The number of aromatic nitrogens is 2. The van der Waals surface area contributed by atoms with Gasteiger partial charge in [0.2, 0.25) is 5.88 Å². The van der Waals surface area contributed by atoms with Gasteiger partial charge in [0.25, 0.3) is 5.91 Å². The van der Waals surface area contributed by atoms with Crippen LogP contribution in [0.3, 0.4) is 0 Å². The minimum absolute atomic E-state index is 0.0367. The first kappa shape index (κ1) is 18.2. The highest BCUT2D eigenvalue weighted by molar-refractivity contribution is 7.22. The molecule has 1 aromatic carbocycles. The number of thiazole rings is 1. The van der Waals surface area contributed by atoms with Gasteiger partial charge in [-0.15, -0.1) is 0 Å². The number of hydrogen-bond donors (Lipinski definition) is 1. The SMILES string of the molecule is Cc1ccc2nc(NC(=O)c3cnc(OC4CCOCC4)c(Cl)c3)sc2c1. The van der Waals surface area contributed by atoms with Crippen molar-refractivity contribution in [3.05, 3.63) is 46.6 Å². The summed E-state index contributed by atoms with van der Waals surface area (Å²) in [4.78, 5) is 21.2. The largest absolute Gasteiger partial charge is 0.473 e. The highest BCUT2D eigenvalue weighted by Crippen LogP contribution is 2.28. The van der Waals surface area contributed by atoms with Crippen molar-refractivity contribution in [3.8, 4) is 5.88 Å². The summed E-state index contributed by atoms with van der Waals surface area (Å²) in [5.74, 6) is 0.0355. The molecule has 2 aromatic heterocycles. The van der Waals surface area contributed by atoms with Crippen LogP contribution in [-0.4, -0.2) is 35.2 Å². The number of hydrogen-bond acceptors (Lipinski definition) is 6. The average Bonchev–Trinajstić information content (AvgIpc) is 3.05. The maximum Gasteiger partial charge on any atom is 0.259 e. The van der Waals surface area contributed by atoms with Gasteiger partial charge < -0.3 is 9.47 Å². The van der Waals surface area contributed by atoms with Gasteiger partial charge >= 0.3 is 0 Å². The molecular formula is C19H18ClN3O3S. The van der Waals surface area contributed by atoms with Crippen LogP contribution in [0, 0.1) is 6.92 Å². The number of aryl methyl sites for hydroxylation is 1. The number of nitrogens with zero attached hydrogens (tertiary/aromatic N) is 2. The Kier molecular flexibility index (Phi) is 5.24. The highest BCUT2D eigenvalue weighted by atomic mass is 35.5. The smallest absolute Gasteiger partial charge is 0.259 e. The number of nitrogens with one attached hydrogen (secondary N) is 1. The molecule has 1 saturated heterocycles. The van der Waals surface area contributed by atoms with Gasteiger partial charge in [0.1, 0.15) is 11.1 Å². The lowest BCUT2D eigenvalue weighted by molar-refractivity contribution is 0.0238. The van der Waals surface area contributed by atoms with Crippen LogP contribution in [0.2, 0.25) is 5.02 Å². The second kappa shape index (κ2) is 7.80. The van der Waals surface area contributed by atoms with E-state index in [-0.39, 0.29) is 12.0 Å². The molecule has 0 unspecified atom stereocenters. The van der Waals surface area contributed by atoms with Crippen molar-refractivity contribution >= 4 is 44.2 Å². The number of fused-ring (bicyclic) bond motifs is 1. The van der Waals surface area contributed by atoms with Crippen LogP contribution < -0.4 is 10.1 Å². The van der Waals surface area contributed by atoms with Crippen LogP contribution in [0.5, 0.6) is 5.88 Å². The molecule has 0 bridgehead atoms. The minimum Gasteiger partial charge on any atom is -0.473 e. The highest BCUT2D eigenvalue weighted by Gasteiger charge is 2.19. The normalized spacial score (nSPS) is 15.0. The lowest BCUT2D eigenvalue weighted by Gasteiger charge is -2.23. The molecule has 8 heteroatoms. The van der Waals surface area contributed by atoms with Crippen molar-refractivity contribution in [2.45, 2.75) is 25.9 Å². The van der Waals surface area contributed by atoms with E-state index in [1.807, 2.05) is 25.1 Å². The zero-order valence-electron chi connectivity index (χ0n) is 14.7. The van der Waals surface area contributed by atoms with Crippen molar-refractivity contribution in [2.75, 3.05) is 18.5 Å². The van der Waals surface area contributed by atoms with Crippen molar-refractivity contribution in [1.82, 2.24) is 9.97 Å². The van der Waals surface area contributed by atoms with Crippen LogP contribution >= 0.6 is 22.9 Å². The van der Waals surface area contributed by atoms with Crippen molar-refractivity contribution in [2.24, 2.45) is 0 Å². The molecule has 4 rings (SSSR count). The van der Waals surface area contributed by atoms with E-state index in [0.29, 0.717) is 34.8 Å². The molecule has 0 aliphatic carbocycles. The maximum atomic E-state index is 12.5. The Morgan fingerprint density at radius 1 is 1.33 bits per heavy atom. The first-order chi connectivity index (χ1) is 13.1. The van der Waals surface area contributed by atoms with E-state index >= 15 is 0 Å². The Morgan fingerprint density at radius 3 is 2.93 bits per heavy atom. The molecule has 0 atom stereocenters. The first-order valence-electron chi connectivity index (χ1n) is 8.67. The second-order valence-corrected chi connectivity index (χ2v) is 7.82. The zero-order valence-corrected chi connectivity index (χ0v) is 16.3. The summed E-state index contributed by atoms with van der Waals surface area (Å²) in [5.41, 5.74) is 2.37. The van der Waals surface area contributed by atoms with Gasteiger partial charge in [-0.25, -0.2) is 9.97 Å². The fraction of sp³-hybridized carbons (Fsp3) is 0.316. The number of carbonyl (C=O) groups is 1. The summed E-state index contributed by atoms with van der Waals surface area (Å²) >= 11 is 7.70. The summed E-state index contributed by atoms with van der Waals surface area (Å²) in [6.07, 6.45) is 3.11. The van der Waals surface area contributed by atoms with E-state index in [9.17, 15) is 4.79 Å². The first-order valence-corrected chi connectivity index (χ1v) is 9.86. The third-order valence-electron chi connectivity index (χ3n) is 4.28. The molecule has 3 heterocycles. The number of halogens is 1. The molecule has 1 amide bonds. The van der Waals surface area contributed by atoms with Crippen LogP contribution in [-0.2, 0) is 4.74 Å². The van der Waals surface area contributed by atoms with E-state index in [1.54, 1.807) is 6.07 Å². The number of carbonyl (C=O) groups excluding carboxylic acids is 1. The third-order valence-corrected chi connectivity index (χ3v) is 5.49. The van der Waals surface area contributed by atoms with E-state index in [2.05, 4.69) is 15.3 Å². The number of pyridine rings is 1. The topological polar surface area (TPSA) is 73.3 Å². The van der Waals surface area contributed by atoms with Gasteiger partial charge in [-0.3, -0.25) is 10.1 Å². The Morgan fingerprint density at radius 2 is 2.15 bits per heavy atom. The average molecular weight is 404 g/mol. The Bertz CT molecular complexity index is 985. The molecule has 140 valence electrons.